The summed E-state index contributed by atoms with van der Waals surface area (Å²) >= 11 is 0. The maximum absolute atomic E-state index is 13.0. The first-order chi connectivity index (χ1) is 22.6. The minimum absolute atomic E-state index is 0.0938. The molecule has 0 fully saturated rings. The Labute approximate surface area is 273 Å². The van der Waals surface area contributed by atoms with Gasteiger partial charge in [-0.25, -0.2) is 9.59 Å². The summed E-state index contributed by atoms with van der Waals surface area (Å²) in [5.41, 5.74) is 5.18. The average molecular weight is 645 g/mol. The van der Waals surface area contributed by atoms with Crippen molar-refractivity contribution in [3.63, 3.8) is 0 Å². The molecule has 12 nitrogen and oxygen atoms in total. The zero-order valence-electron chi connectivity index (χ0n) is 26.6. The van der Waals surface area contributed by atoms with Crippen LogP contribution in [0.3, 0.4) is 0 Å². The Kier molecular flexibility index (Phi) is 12.5. The van der Waals surface area contributed by atoms with Crippen molar-refractivity contribution in [2.75, 3.05) is 26.5 Å². The van der Waals surface area contributed by atoms with Crippen LogP contribution in [0, 0.1) is 5.92 Å². The van der Waals surface area contributed by atoms with E-state index in [0.717, 1.165) is 27.8 Å². The molecule has 2 atom stereocenters. The van der Waals surface area contributed by atoms with Gasteiger partial charge >= 0.3 is 12.1 Å². The molecule has 47 heavy (non-hydrogen) atoms. The van der Waals surface area contributed by atoms with Crippen LogP contribution in [0.1, 0.15) is 43.4 Å². The molecule has 4 amide bonds. The number of benzene rings is 3. The molecule has 0 unspecified atom stereocenters. The fourth-order valence-electron chi connectivity index (χ4n) is 5.10. The van der Waals surface area contributed by atoms with Gasteiger partial charge in [-0.2, -0.15) is 0 Å². The second-order valence-electron chi connectivity index (χ2n) is 11.4. The summed E-state index contributed by atoms with van der Waals surface area (Å²) in [5, 5.41) is 10.0. The molecule has 0 saturated heterocycles. The van der Waals surface area contributed by atoms with Crippen molar-refractivity contribution < 1.29 is 38.2 Å². The number of carbonyl (C=O) groups excluding carboxylic acids is 5. The summed E-state index contributed by atoms with van der Waals surface area (Å²) in [6, 6.07) is 23.1. The van der Waals surface area contributed by atoms with Gasteiger partial charge in [0, 0.05) is 5.92 Å². The predicted octanol–water partition coefficient (Wildman–Crippen LogP) is 3.00. The molecule has 1 aliphatic rings. The maximum Gasteiger partial charge on any atom is 0.407 e. The van der Waals surface area contributed by atoms with Crippen molar-refractivity contribution in [1.29, 1.82) is 0 Å². The third-order valence-corrected chi connectivity index (χ3v) is 7.58. The van der Waals surface area contributed by atoms with Crippen LogP contribution in [0.25, 0.3) is 11.1 Å². The zero-order valence-corrected chi connectivity index (χ0v) is 26.6. The van der Waals surface area contributed by atoms with Crippen molar-refractivity contribution in [2.24, 2.45) is 5.92 Å². The summed E-state index contributed by atoms with van der Waals surface area (Å²) in [6.07, 6.45) is -0.749. The number of hydrogen-bond donors (Lipinski definition) is 4. The van der Waals surface area contributed by atoms with Gasteiger partial charge in [-0.1, -0.05) is 92.7 Å². The molecule has 0 bridgehead atoms. The number of esters is 1. The van der Waals surface area contributed by atoms with Crippen LogP contribution in [0.4, 0.5) is 4.79 Å². The molecule has 4 rings (SSSR count). The number of ether oxygens (including phenoxy) is 3. The van der Waals surface area contributed by atoms with Gasteiger partial charge < -0.3 is 35.5 Å². The van der Waals surface area contributed by atoms with Crippen LogP contribution in [0.5, 0.6) is 0 Å². The van der Waals surface area contributed by atoms with Crippen LogP contribution in [0.15, 0.2) is 78.9 Å². The monoisotopic (exact) mass is 644 g/mol. The summed E-state index contributed by atoms with van der Waals surface area (Å²) in [7, 11) is 0. The number of fused-ring (bicyclic) bond motifs is 3. The Morgan fingerprint density at radius 3 is 1.98 bits per heavy atom. The second kappa shape index (κ2) is 16.9. The van der Waals surface area contributed by atoms with Gasteiger partial charge in [0.1, 0.15) is 38.6 Å². The van der Waals surface area contributed by atoms with Gasteiger partial charge in [0.25, 0.3) is 0 Å². The zero-order chi connectivity index (χ0) is 33.8. The standard InChI is InChI=1S/C35H40N4O8/c1-22(2)32(39-35(44)47-19-29-27-15-9-7-13-25(27)26-14-8-10-16-28(26)29)34(43)38-23(3)33(42)36-17-30(40)37-21-45-20-31(41)46-18-24-11-5-4-6-12-24/h4-16,22-23,29,32H,17-21H2,1-3H3,(H,36,42)(H,37,40)(H,38,43)(H,39,44)/t23-,32-/m0/s1. The number of nitrogens with one attached hydrogen (secondary N) is 4. The average Bonchev–Trinajstić information content (AvgIpc) is 3.39. The highest BCUT2D eigenvalue weighted by Crippen LogP contribution is 2.44. The number of carbonyl (C=O) groups is 5. The van der Waals surface area contributed by atoms with Crippen molar-refractivity contribution >= 4 is 29.8 Å². The molecule has 0 aliphatic heterocycles. The molecule has 0 heterocycles. The lowest BCUT2D eigenvalue weighted by molar-refractivity contribution is -0.151. The van der Waals surface area contributed by atoms with Crippen molar-refractivity contribution in [1.82, 2.24) is 21.3 Å². The van der Waals surface area contributed by atoms with E-state index in [4.69, 9.17) is 14.2 Å². The lowest BCUT2D eigenvalue weighted by Gasteiger charge is -2.24. The largest absolute Gasteiger partial charge is 0.459 e. The Morgan fingerprint density at radius 2 is 1.34 bits per heavy atom. The summed E-state index contributed by atoms with van der Waals surface area (Å²) < 4.78 is 15.8. The highest BCUT2D eigenvalue weighted by Gasteiger charge is 2.31. The third-order valence-electron chi connectivity index (χ3n) is 7.58. The fraction of sp³-hybridized carbons (Fsp3) is 0.343. The van der Waals surface area contributed by atoms with Crippen molar-refractivity contribution in [3.8, 4) is 11.1 Å². The highest BCUT2D eigenvalue weighted by atomic mass is 16.6. The SMILES string of the molecule is CC(C)[C@H](NC(=O)OCC1c2ccccc2-c2ccccc21)C(=O)N[C@@H](C)C(=O)NCC(=O)NCOCC(=O)OCc1ccccc1. The molecule has 0 radical (unpaired) electrons. The Balaban J connectivity index is 1.15. The molecule has 3 aromatic carbocycles. The smallest absolute Gasteiger partial charge is 0.407 e. The molecule has 4 N–H and O–H groups in total. The highest BCUT2D eigenvalue weighted by molar-refractivity contribution is 5.92. The number of rotatable bonds is 15. The number of hydrogen-bond acceptors (Lipinski definition) is 8. The van der Waals surface area contributed by atoms with Gasteiger partial charge in [0.2, 0.25) is 17.7 Å². The van der Waals surface area contributed by atoms with Crippen LogP contribution in [-0.2, 0) is 40.0 Å². The van der Waals surface area contributed by atoms with Crippen LogP contribution in [-0.4, -0.2) is 68.4 Å². The van der Waals surface area contributed by atoms with Gasteiger partial charge in [0.05, 0.1) is 6.54 Å². The molecule has 3 aromatic rings. The lowest BCUT2D eigenvalue weighted by atomic mass is 9.98. The summed E-state index contributed by atoms with van der Waals surface area (Å²) in [4.78, 5) is 62.2. The topological polar surface area (TPSA) is 161 Å². The van der Waals surface area contributed by atoms with Gasteiger partial charge in [-0.05, 0) is 40.7 Å². The first kappa shape index (κ1) is 34.6. The fourth-order valence-corrected chi connectivity index (χ4v) is 5.10. The molecule has 0 saturated carbocycles. The lowest BCUT2D eigenvalue weighted by Crippen LogP contribution is -2.55. The minimum Gasteiger partial charge on any atom is -0.459 e. The van der Waals surface area contributed by atoms with Crippen LogP contribution in [0.2, 0.25) is 0 Å². The first-order valence-corrected chi connectivity index (χ1v) is 15.4. The van der Waals surface area contributed by atoms with Crippen molar-refractivity contribution in [3.05, 3.63) is 95.6 Å². The molecular weight excluding hydrogens is 604 g/mol. The molecule has 0 aromatic heterocycles. The second-order valence-corrected chi connectivity index (χ2v) is 11.4. The van der Waals surface area contributed by atoms with E-state index in [9.17, 15) is 24.0 Å². The van der Waals surface area contributed by atoms with Gasteiger partial charge in [-0.15, -0.1) is 0 Å². The van der Waals surface area contributed by atoms with E-state index in [2.05, 4.69) is 21.3 Å². The van der Waals surface area contributed by atoms with E-state index in [1.165, 1.54) is 6.92 Å². The quantitative estimate of drug-likeness (QED) is 0.112. The first-order valence-electron chi connectivity index (χ1n) is 15.4. The van der Waals surface area contributed by atoms with Gasteiger partial charge in [0.15, 0.2) is 0 Å². The van der Waals surface area contributed by atoms with E-state index < -0.39 is 41.9 Å². The minimum atomic E-state index is -1.00. The number of amides is 4. The Hall–Kier alpha value is -5.23. The predicted molar refractivity (Wildman–Crippen MR) is 173 cm³/mol. The van der Waals surface area contributed by atoms with Gasteiger partial charge in [-0.3, -0.25) is 14.4 Å². The normalized spacial score (nSPS) is 13.0. The Bertz CT molecular complexity index is 1520. The van der Waals surface area contributed by atoms with Crippen LogP contribution < -0.4 is 21.3 Å². The molecule has 0 spiro atoms. The van der Waals surface area contributed by atoms with E-state index >= 15 is 0 Å². The summed E-state index contributed by atoms with van der Waals surface area (Å²) in [6.45, 7) is 4.17. The molecule has 248 valence electrons. The van der Waals surface area contributed by atoms with E-state index in [1.807, 2.05) is 78.9 Å². The van der Waals surface area contributed by atoms with E-state index in [1.54, 1.807) is 13.8 Å². The maximum atomic E-state index is 13.0. The van der Waals surface area contributed by atoms with Crippen molar-refractivity contribution in [2.45, 2.75) is 45.4 Å². The molecule has 1 aliphatic carbocycles. The number of alkyl carbamates (subject to hydrolysis) is 1. The third kappa shape index (κ3) is 9.88. The van der Waals surface area contributed by atoms with E-state index in [0.29, 0.717) is 0 Å². The van der Waals surface area contributed by atoms with Crippen LogP contribution >= 0.6 is 0 Å². The summed E-state index contributed by atoms with van der Waals surface area (Å²) in [5.74, 6) is -2.78. The molecule has 12 heteroatoms. The van der Waals surface area contributed by atoms with E-state index in [-0.39, 0.29) is 44.9 Å². The molecular formula is C35H40N4O8. The Morgan fingerprint density at radius 1 is 0.723 bits per heavy atom.